The third-order valence-corrected chi connectivity index (χ3v) is 2.67. The number of carbonyl (C=O) groups excluding carboxylic acids is 1. The lowest BCUT2D eigenvalue weighted by molar-refractivity contribution is -0.134. The number of esters is 1. The van der Waals surface area contributed by atoms with Gasteiger partial charge in [-0.05, 0) is 41.1 Å². The predicted octanol–water partition coefficient (Wildman–Crippen LogP) is 2.15. The Kier molecular flexibility index (Phi) is 4.60. The van der Waals surface area contributed by atoms with Crippen molar-refractivity contribution in [2.24, 2.45) is 0 Å². The molecule has 0 spiro atoms. The van der Waals surface area contributed by atoms with Gasteiger partial charge < -0.3 is 4.74 Å². The number of hydrogen-bond acceptors (Lipinski definition) is 5. The summed E-state index contributed by atoms with van der Waals surface area (Å²) in [5.41, 5.74) is 0.816. The molecule has 0 bridgehead atoms. The Bertz CT molecular complexity index is 508. The fraction of sp³-hybridized carbons (Fsp3) is 0.385. The second kappa shape index (κ2) is 6.63. The molecular weight excluding hydrogens is 244 g/mol. The quantitative estimate of drug-likeness (QED) is 0.452. The largest absolute Gasteiger partial charge is 0.427 e. The number of rotatable bonds is 6. The van der Waals surface area contributed by atoms with Gasteiger partial charge >= 0.3 is 5.97 Å². The van der Waals surface area contributed by atoms with E-state index in [1.807, 2.05) is 0 Å². The fourth-order valence-electron chi connectivity index (χ4n) is 1.65. The molecule has 0 aliphatic rings. The van der Waals surface area contributed by atoms with E-state index in [4.69, 9.17) is 4.74 Å². The number of nitrogens with zero attached hydrogens (tertiary/aromatic N) is 4. The molecule has 6 heteroatoms. The van der Waals surface area contributed by atoms with Crippen molar-refractivity contribution in [3.05, 3.63) is 30.6 Å². The van der Waals surface area contributed by atoms with E-state index >= 15 is 0 Å². The minimum atomic E-state index is -0.191. The maximum absolute atomic E-state index is 11.5. The number of hydrogen-bond donors (Lipinski definition) is 0. The van der Waals surface area contributed by atoms with Crippen molar-refractivity contribution in [2.45, 2.75) is 32.6 Å². The topological polar surface area (TPSA) is 69.9 Å². The van der Waals surface area contributed by atoms with Crippen LogP contribution in [0.1, 0.15) is 32.6 Å². The van der Waals surface area contributed by atoms with Crippen LogP contribution in [0.4, 0.5) is 0 Å². The maximum atomic E-state index is 11.5. The van der Waals surface area contributed by atoms with Crippen molar-refractivity contribution in [3.63, 3.8) is 0 Å². The van der Waals surface area contributed by atoms with E-state index in [0.717, 1.165) is 24.9 Å². The monoisotopic (exact) mass is 260 g/mol. The lowest BCUT2D eigenvalue weighted by Gasteiger charge is -2.05. The molecule has 0 unspecified atom stereocenters. The van der Waals surface area contributed by atoms with Gasteiger partial charge in [0.15, 0.2) is 0 Å². The molecule has 0 fully saturated rings. The molecule has 1 aromatic heterocycles. The Morgan fingerprint density at radius 3 is 2.68 bits per heavy atom. The highest BCUT2D eigenvalue weighted by Crippen LogP contribution is 2.15. The van der Waals surface area contributed by atoms with Crippen molar-refractivity contribution in [2.75, 3.05) is 0 Å². The van der Waals surface area contributed by atoms with Gasteiger partial charge in [0, 0.05) is 6.42 Å². The van der Waals surface area contributed by atoms with E-state index in [1.54, 1.807) is 24.3 Å². The number of unbranched alkanes of at least 4 members (excludes halogenated alkanes) is 2. The number of ether oxygens (including phenoxy) is 1. The lowest BCUT2D eigenvalue weighted by Crippen LogP contribution is -2.07. The standard InChI is InChI=1S/C13H16N4O2/c1-2-3-4-5-13(18)19-12-8-6-11(7-9-12)17-10-14-15-16-17/h6-10H,2-5H2,1H3. The lowest BCUT2D eigenvalue weighted by atomic mass is 10.2. The van der Waals surface area contributed by atoms with Crippen molar-refractivity contribution in [3.8, 4) is 11.4 Å². The van der Waals surface area contributed by atoms with Crippen LogP contribution >= 0.6 is 0 Å². The Morgan fingerprint density at radius 2 is 2.05 bits per heavy atom. The summed E-state index contributed by atoms with van der Waals surface area (Å²) in [4.78, 5) is 11.5. The Labute approximate surface area is 111 Å². The third-order valence-electron chi connectivity index (χ3n) is 2.67. The molecule has 0 radical (unpaired) electrons. The smallest absolute Gasteiger partial charge is 0.311 e. The molecule has 0 aliphatic heterocycles. The van der Waals surface area contributed by atoms with Gasteiger partial charge in [-0.1, -0.05) is 19.8 Å². The predicted molar refractivity (Wildman–Crippen MR) is 68.9 cm³/mol. The zero-order valence-electron chi connectivity index (χ0n) is 10.8. The molecule has 2 rings (SSSR count). The van der Waals surface area contributed by atoms with Crippen LogP contribution in [0.25, 0.3) is 5.69 Å². The van der Waals surface area contributed by atoms with Gasteiger partial charge in [-0.25, -0.2) is 4.68 Å². The first-order valence-corrected chi connectivity index (χ1v) is 6.33. The van der Waals surface area contributed by atoms with Crippen LogP contribution in [0.3, 0.4) is 0 Å². The summed E-state index contributed by atoms with van der Waals surface area (Å²) < 4.78 is 6.77. The second-order valence-corrected chi connectivity index (χ2v) is 4.18. The number of carbonyl (C=O) groups is 1. The van der Waals surface area contributed by atoms with Crippen LogP contribution in [0.15, 0.2) is 30.6 Å². The van der Waals surface area contributed by atoms with Gasteiger partial charge in [-0.15, -0.1) is 5.10 Å². The van der Waals surface area contributed by atoms with Crippen molar-refractivity contribution < 1.29 is 9.53 Å². The van der Waals surface area contributed by atoms with Gasteiger partial charge in [0.25, 0.3) is 0 Å². The number of aromatic nitrogens is 4. The molecule has 19 heavy (non-hydrogen) atoms. The van der Waals surface area contributed by atoms with Gasteiger partial charge in [0.05, 0.1) is 5.69 Å². The molecule has 1 aromatic carbocycles. The van der Waals surface area contributed by atoms with Gasteiger partial charge in [-0.2, -0.15) is 0 Å². The van der Waals surface area contributed by atoms with E-state index in [-0.39, 0.29) is 5.97 Å². The molecule has 0 saturated heterocycles. The Balaban J connectivity index is 1.90. The average molecular weight is 260 g/mol. The molecule has 0 aliphatic carbocycles. The van der Waals surface area contributed by atoms with Crippen LogP contribution in [0.5, 0.6) is 5.75 Å². The van der Waals surface area contributed by atoms with Gasteiger partial charge in [0.2, 0.25) is 0 Å². The Morgan fingerprint density at radius 1 is 1.26 bits per heavy atom. The van der Waals surface area contributed by atoms with Crippen LogP contribution in [0, 0.1) is 0 Å². The number of tetrazole rings is 1. The molecule has 0 atom stereocenters. The van der Waals surface area contributed by atoms with Crippen LogP contribution < -0.4 is 4.74 Å². The van der Waals surface area contributed by atoms with E-state index in [9.17, 15) is 4.79 Å². The van der Waals surface area contributed by atoms with E-state index in [0.29, 0.717) is 12.2 Å². The SMILES string of the molecule is CCCCCC(=O)Oc1ccc(-n2cnnn2)cc1. The van der Waals surface area contributed by atoms with Crippen LogP contribution in [-0.2, 0) is 4.79 Å². The minimum Gasteiger partial charge on any atom is -0.427 e. The summed E-state index contributed by atoms with van der Waals surface area (Å²) in [5, 5.41) is 10.9. The first-order valence-electron chi connectivity index (χ1n) is 6.33. The summed E-state index contributed by atoms with van der Waals surface area (Å²) in [6.45, 7) is 2.10. The Hall–Kier alpha value is -2.24. The normalized spacial score (nSPS) is 10.4. The second-order valence-electron chi connectivity index (χ2n) is 4.18. The summed E-state index contributed by atoms with van der Waals surface area (Å²) >= 11 is 0. The molecular formula is C13H16N4O2. The zero-order chi connectivity index (χ0) is 13.5. The fourth-order valence-corrected chi connectivity index (χ4v) is 1.65. The van der Waals surface area contributed by atoms with Crippen LogP contribution in [0.2, 0.25) is 0 Å². The summed E-state index contributed by atoms with van der Waals surface area (Å²) in [6.07, 6.45) is 4.98. The molecule has 100 valence electrons. The summed E-state index contributed by atoms with van der Waals surface area (Å²) in [7, 11) is 0. The summed E-state index contributed by atoms with van der Waals surface area (Å²) in [5.74, 6) is 0.349. The molecule has 0 amide bonds. The van der Waals surface area contributed by atoms with E-state index < -0.39 is 0 Å². The van der Waals surface area contributed by atoms with Crippen molar-refractivity contribution >= 4 is 5.97 Å². The molecule has 0 saturated carbocycles. The van der Waals surface area contributed by atoms with E-state index in [2.05, 4.69) is 22.4 Å². The van der Waals surface area contributed by atoms with Crippen molar-refractivity contribution in [1.82, 2.24) is 20.2 Å². The molecule has 1 heterocycles. The highest BCUT2D eigenvalue weighted by Gasteiger charge is 2.05. The first-order chi connectivity index (χ1) is 9.29. The van der Waals surface area contributed by atoms with Gasteiger partial charge in [-0.3, -0.25) is 4.79 Å². The highest BCUT2D eigenvalue weighted by molar-refractivity contribution is 5.72. The third kappa shape index (κ3) is 3.87. The van der Waals surface area contributed by atoms with Crippen molar-refractivity contribution in [1.29, 1.82) is 0 Å². The molecule has 2 aromatic rings. The first kappa shape index (κ1) is 13.2. The zero-order valence-corrected chi connectivity index (χ0v) is 10.8. The maximum Gasteiger partial charge on any atom is 0.311 e. The van der Waals surface area contributed by atoms with Gasteiger partial charge in [0.1, 0.15) is 12.1 Å². The van der Waals surface area contributed by atoms with E-state index in [1.165, 1.54) is 11.0 Å². The number of benzene rings is 1. The summed E-state index contributed by atoms with van der Waals surface area (Å²) in [6, 6.07) is 7.06. The molecule has 6 nitrogen and oxygen atoms in total. The average Bonchev–Trinajstić information content (AvgIpc) is 2.94. The molecule has 0 N–H and O–H groups in total. The van der Waals surface area contributed by atoms with Crippen LogP contribution in [-0.4, -0.2) is 26.2 Å². The highest BCUT2D eigenvalue weighted by atomic mass is 16.5. The minimum absolute atomic E-state index is 0.191.